The lowest BCUT2D eigenvalue weighted by Crippen LogP contribution is -2.44. The van der Waals surface area contributed by atoms with Gasteiger partial charge in [0.2, 0.25) is 15.9 Å². The second kappa shape index (κ2) is 7.14. The average Bonchev–Trinajstić information content (AvgIpc) is 2.94. The first kappa shape index (κ1) is 18.8. The molecule has 24 heavy (non-hydrogen) atoms. The Bertz CT molecular complexity index is 808. The van der Waals surface area contributed by atoms with E-state index in [9.17, 15) is 12.8 Å². The molecular formula is C14H18ClFN4O3S. The summed E-state index contributed by atoms with van der Waals surface area (Å²) in [7, 11) is -3.92. The van der Waals surface area contributed by atoms with Crippen LogP contribution in [0.25, 0.3) is 0 Å². The molecule has 1 saturated carbocycles. The van der Waals surface area contributed by atoms with Crippen LogP contribution < -0.4 is 10.5 Å². The van der Waals surface area contributed by atoms with E-state index in [4.69, 9.17) is 10.3 Å². The Labute approximate surface area is 145 Å². The molecular weight excluding hydrogens is 359 g/mol. The molecule has 2 aromatic rings. The molecule has 1 aliphatic carbocycles. The van der Waals surface area contributed by atoms with Gasteiger partial charge in [-0.05, 0) is 31.4 Å². The van der Waals surface area contributed by atoms with Gasteiger partial charge in [0.15, 0.2) is 5.82 Å². The van der Waals surface area contributed by atoms with Gasteiger partial charge in [-0.1, -0.05) is 17.3 Å². The fourth-order valence-corrected chi connectivity index (χ4v) is 3.48. The molecule has 0 unspecified atom stereocenters. The van der Waals surface area contributed by atoms with E-state index in [0.29, 0.717) is 11.7 Å². The zero-order chi connectivity index (χ0) is 16.5. The molecule has 1 heterocycles. The number of halogens is 2. The topological polar surface area (TPSA) is 111 Å². The van der Waals surface area contributed by atoms with Crippen LogP contribution in [0.3, 0.4) is 0 Å². The van der Waals surface area contributed by atoms with Crippen molar-refractivity contribution in [1.82, 2.24) is 14.9 Å². The highest BCUT2D eigenvalue weighted by molar-refractivity contribution is 7.89. The summed E-state index contributed by atoms with van der Waals surface area (Å²) in [5.41, 5.74) is 5.57. The first-order valence-electron chi connectivity index (χ1n) is 7.27. The molecule has 0 aliphatic heterocycles. The molecule has 3 N–H and O–H groups in total. The van der Waals surface area contributed by atoms with Gasteiger partial charge in [-0.25, -0.2) is 17.5 Å². The van der Waals surface area contributed by atoms with Gasteiger partial charge in [0.25, 0.3) is 0 Å². The molecule has 1 aromatic heterocycles. The van der Waals surface area contributed by atoms with E-state index in [-0.39, 0.29) is 30.3 Å². The number of aromatic nitrogens is 2. The van der Waals surface area contributed by atoms with E-state index in [0.717, 1.165) is 25.3 Å². The Hall–Kier alpha value is -1.55. The van der Waals surface area contributed by atoms with E-state index in [1.807, 2.05) is 0 Å². The molecule has 0 amide bonds. The highest BCUT2D eigenvalue weighted by Gasteiger charge is 2.38. The van der Waals surface area contributed by atoms with E-state index in [2.05, 4.69) is 14.9 Å². The van der Waals surface area contributed by atoms with Gasteiger partial charge in [0.05, 0.1) is 5.54 Å². The lowest BCUT2D eigenvalue weighted by molar-refractivity contribution is 0.229. The van der Waals surface area contributed by atoms with E-state index >= 15 is 0 Å². The fraction of sp³-hybridized carbons (Fsp3) is 0.429. The van der Waals surface area contributed by atoms with Crippen molar-refractivity contribution in [1.29, 1.82) is 0 Å². The first-order chi connectivity index (χ1) is 10.9. The average molecular weight is 377 g/mol. The molecule has 7 nitrogen and oxygen atoms in total. The maximum absolute atomic E-state index is 13.5. The highest BCUT2D eigenvalue weighted by atomic mass is 35.5. The summed E-state index contributed by atoms with van der Waals surface area (Å²) in [6.07, 6.45) is 2.86. The SMILES string of the molecule is Cl.NC1(c2noc(CCNS(=O)(=O)c3ccccc3F)n2)CCC1. The third-order valence-electron chi connectivity index (χ3n) is 3.92. The predicted octanol–water partition coefficient (Wildman–Crippen LogP) is 1.49. The van der Waals surface area contributed by atoms with Crippen molar-refractivity contribution in [3.63, 3.8) is 0 Å². The molecule has 0 atom stereocenters. The number of rotatable bonds is 6. The van der Waals surface area contributed by atoms with Crippen molar-refractivity contribution in [3.8, 4) is 0 Å². The van der Waals surface area contributed by atoms with Crippen molar-refractivity contribution in [3.05, 3.63) is 41.8 Å². The van der Waals surface area contributed by atoms with Gasteiger partial charge in [0, 0.05) is 13.0 Å². The maximum atomic E-state index is 13.5. The fourth-order valence-electron chi connectivity index (χ4n) is 2.37. The molecule has 0 spiro atoms. The van der Waals surface area contributed by atoms with Gasteiger partial charge in [-0.2, -0.15) is 4.98 Å². The normalized spacial score (nSPS) is 16.2. The van der Waals surface area contributed by atoms with Crippen LogP contribution in [0.5, 0.6) is 0 Å². The Kier molecular flexibility index (Phi) is 5.59. The van der Waals surface area contributed by atoms with Crippen LogP contribution in [0.1, 0.15) is 31.0 Å². The second-order valence-corrected chi connectivity index (χ2v) is 7.33. The third-order valence-corrected chi connectivity index (χ3v) is 5.41. The van der Waals surface area contributed by atoms with Crippen molar-refractivity contribution < 1.29 is 17.3 Å². The van der Waals surface area contributed by atoms with Crippen LogP contribution in [0.2, 0.25) is 0 Å². The maximum Gasteiger partial charge on any atom is 0.243 e. The largest absolute Gasteiger partial charge is 0.339 e. The lowest BCUT2D eigenvalue weighted by Gasteiger charge is -2.34. The van der Waals surface area contributed by atoms with Crippen molar-refractivity contribution >= 4 is 22.4 Å². The van der Waals surface area contributed by atoms with Crippen LogP contribution in [-0.4, -0.2) is 25.1 Å². The van der Waals surface area contributed by atoms with Crippen LogP contribution in [0, 0.1) is 5.82 Å². The van der Waals surface area contributed by atoms with Gasteiger partial charge in [-0.3, -0.25) is 0 Å². The van der Waals surface area contributed by atoms with Crippen molar-refractivity contribution in [2.75, 3.05) is 6.54 Å². The molecule has 10 heteroatoms. The molecule has 1 aromatic carbocycles. The summed E-state index contributed by atoms with van der Waals surface area (Å²) in [5.74, 6) is -0.0428. The summed E-state index contributed by atoms with van der Waals surface area (Å²) < 4.78 is 45.0. The van der Waals surface area contributed by atoms with Crippen LogP contribution in [-0.2, 0) is 22.0 Å². The number of benzene rings is 1. The zero-order valence-electron chi connectivity index (χ0n) is 12.7. The summed E-state index contributed by atoms with van der Waals surface area (Å²) >= 11 is 0. The summed E-state index contributed by atoms with van der Waals surface area (Å²) in [4.78, 5) is 3.81. The number of hydrogen-bond acceptors (Lipinski definition) is 6. The minimum Gasteiger partial charge on any atom is -0.339 e. The van der Waals surface area contributed by atoms with Crippen LogP contribution >= 0.6 is 12.4 Å². The molecule has 1 aliphatic rings. The van der Waals surface area contributed by atoms with Gasteiger partial charge in [-0.15, -0.1) is 12.4 Å². The molecule has 1 fully saturated rings. The van der Waals surface area contributed by atoms with Crippen molar-refractivity contribution in [2.24, 2.45) is 5.73 Å². The van der Waals surface area contributed by atoms with E-state index in [1.165, 1.54) is 18.2 Å². The molecule has 0 bridgehead atoms. The van der Waals surface area contributed by atoms with Crippen LogP contribution in [0.4, 0.5) is 4.39 Å². The van der Waals surface area contributed by atoms with E-state index < -0.39 is 21.4 Å². The summed E-state index contributed by atoms with van der Waals surface area (Å²) in [6.45, 7) is 0.0237. The second-order valence-electron chi connectivity index (χ2n) is 5.60. The monoisotopic (exact) mass is 376 g/mol. The Morgan fingerprint density at radius 2 is 2.04 bits per heavy atom. The zero-order valence-corrected chi connectivity index (χ0v) is 14.4. The number of nitrogens with two attached hydrogens (primary N) is 1. The highest BCUT2D eigenvalue weighted by Crippen LogP contribution is 2.36. The minimum absolute atomic E-state index is 0. The van der Waals surface area contributed by atoms with Gasteiger partial charge < -0.3 is 10.3 Å². The Balaban J connectivity index is 0.00000208. The molecule has 0 saturated heterocycles. The summed E-state index contributed by atoms with van der Waals surface area (Å²) in [5, 5.41) is 3.85. The van der Waals surface area contributed by atoms with Crippen LogP contribution in [0.15, 0.2) is 33.7 Å². The Morgan fingerprint density at radius 3 is 2.67 bits per heavy atom. The van der Waals surface area contributed by atoms with Gasteiger partial charge >= 0.3 is 0 Å². The minimum atomic E-state index is -3.92. The number of nitrogens with zero attached hydrogens (tertiary/aromatic N) is 2. The number of hydrogen-bond donors (Lipinski definition) is 2. The molecule has 3 rings (SSSR count). The van der Waals surface area contributed by atoms with E-state index in [1.54, 1.807) is 0 Å². The van der Waals surface area contributed by atoms with Gasteiger partial charge in [0.1, 0.15) is 10.7 Å². The molecule has 132 valence electrons. The standard InChI is InChI=1S/C14H17FN4O3S.ClH/c15-10-4-1-2-5-11(10)23(20,21)17-9-6-12-18-13(19-22-12)14(16)7-3-8-14;/h1-2,4-5,17H,3,6-9,16H2;1H. The number of sulfonamides is 1. The third kappa shape index (κ3) is 3.75. The number of nitrogens with one attached hydrogen (secondary N) is 1. The Morgan fingerprint density at radius 1 is 1.33 bits per heavy atom. The molecule has 0 radical (unpaired) electrons. The van der Waals surface area contributed by atoms with Crippen molar-refractivity contribution in [2.45, 2.75) is 36.1 Å². The lowest BCUT2D eigenvalue weighted by atomic mass is 9.77. The summed E-state index contributed by atoms with van der Waals surface area (Å²) in [6, 6.07) is 5.19. The predicted molar refractivity (Wildman–Crippen MR) is 86.6 cm³/mol. The first-order valence-corrected chi connectivity index (χ1v) is 8.75. The smallest absolute Gasteiger partial charge is 0.243 e. The quantitative estimate of drug-likeness (QED) is 0.790.